The van der Waals surface area contributed by atoms with Crippen LogP contribution in [0, 0.1) is 5.82 Å². The van der Waals surface area contributed by atoms with Gasteiger partial charge >= 0.3 is 0 Å². The lowest BCUT2D eigenvalue weighted by atomic mass is 9.99. The van der Waals surface area contributed by atoms with Gasteiger partial charge in [-0.1, -0.05) is 36.4 Å². The van der Waals surface area contributed by atoms with Crippen molar-refractivity contribution in [2.75, 3.05) is 24.5 Å². The van der Waals surface area contributed by atoms with Gasteiger partial charge in [0.1, 0.15) is 5.82 Å². The number of piperazine rings is 1. The highest BCUT2D eigenvalue weighted by Gasteiger charge is 2.24. The largest absolute Gasteiger partial charge is 0.339 e. The predicted molar refractivity (Wildman–Crippen MR) is 128 cm³/mol. The minimum Gasteiger partial charge on any atom is -0.339 e. The highest BCUT2D eigenvalue weighted by Crippen LogP contribution is 2.26. The SMILES string of the molecule is Cn1c(N2CCNC(c3ccc(-c4ccc(F)cc4)cc3)C2)nc(-c2ccncc2)cc1=O. The third-order valence-corrected chi connectivity index (χ3v) is 6.04. The van der Waals surface area contributed by atoms with Crippen molar-refractivity contribution in [3.8, 4) is 22.4 Å². The summed E-state index contributed by atoms with van der Waals surface area (Å²) in [7, 11) is 1.76. The van der Waals surface area contributed by atoms with Crippen molar-refractivity contribution in [3.63, 3.8) is 0 Å². The van der Waals surface area contributed by atoms with Crippen LogP contribution in [0.2, 0.25) is 0 Å². The Bertz CT molecular complexity index is 1300. The normalized spacial score (nSPS) is 16.1. The van der Waals surface area contributed by atoms with Crippen molar-refractivity contribution in [1.29, 1.82) is 0 Å². The molecule has 1 atom stereocenters. The zero-order chi connectivity index (χ0) is 22.8. The van der Waals surface area contributed by atoms with Crippen LogP contribution >= 0.6 is 0 Å². The van der Waals surface area contributed by atoms with Crippen LogP contribution in [0.15, 0.2) is 83.9 Å². The zero-order valence-corrected chi connectivity index (χ0v) is 18.3. The van der Waals surface area contributed by atoms with Gasteiger partial charge in [-0.05, 0) is 41.0 Å². The Morgan fingerprint density at radius 1 is 0.939 bits per heavy atom. The highest BCUT2D eigenvalue weighted by molar-refractivity contribution is 5.64. The van der Waals surface area contributed by atoms with Crippen molar-refractivity contribution in [3.05, 3.63) is 101 Å². The quantitative estimate of drug-likeness (QED) is 0.522. The van der Waals surface area contributed by atoms with Gasteiger partial charge in [0, 0.05) is 56.7 Å². The van der Waals surface area contributed by atoms with Crippen molar-refractivity contribution in [1.82, 2.24) is 19.9 Å². The fraction of sp³-hybridized carbons (Fsp3) is 0.192. The number of halogens is 1. The topological polar surface area (TPSA) is 63.1 Å². The van der Waals surface area contributed by atoms with Gasteiger partial charge in [-0.15, -0.1) is 0 Å². The molecule has 5 rings (SSSR count). The molecule has 1 N–H and O–H groups in total. The van der Waals surface area contributed by atoms with Crippen LogP contribution in [-0.4, -0.2) is 34.2 Å². The maximum Gasteiger partial charge on any atom is 0.255 e. The summed E-state index contributed by atoms with van der Waals surface area (Å²) in [6, 6.07) is 20.2. The third kappa shape index (κ3) is 4.40. The van der Waals surface area contributed by atoms with Gasteiger partial charge in [0.15, 0.2) is 0 Å². The summed E-state index contributed by atoms with van der Waals surface area (Å²) in [6.07, 6.45) is 3.40. The lowest BCUT2D eigenvalue weighted by Gasteiger charge is -2.35. The van der Waals surface area contributed by atoms with Crippen LogP contribution in [0.1, 0.15) is 11.6 Å². The Kier molecular flexibility index (Phi) is 5.71. The van der Waals surface area contributed by atoms with E-state index in [1.54, 1.807) is 42.2 Å². The minimum absolute atomic E-state index is 0.0921. The van der Waals surface area contributed by atoms with Crippen LogP contribution in [0.3, 0.4) is 0 Å². The van der Waals surface area contributed by atoms with E-state index in [1.807, 2.05) is 12.1 Å². The molecule has 0 spiro atoms. The van der Waals surface area contributed by atoms with Gasteiger partial charge in [-0.3, -0.25) is 14.3 Å². The molecule has 6 nitrogen and oxygen atoms in total. The van der Waals surface area contributed by atoms with Gasteiger partial charge in [-0.25, -0.2) is 9.37 Å². The summed E-state index contributed by atoms with van der Waals surface area (Å²) < 4.78 is 14.8. The first-order valence-electron chi connectivity index (χ1n) is 10.9. The molecule has 3 heterocycles. The molecule has 0 saturated carbocycles. The number of benzene rings is 2. The molecule has 0 amide bonds. The summed E-state index contributed by atoms with van der Waals surface area (Å²) >= 11 is 0. The molecule has 0 bridgehead atoms. The van der Waals surface area contributed by atoms with E-state index < -0.39 is 0 Å². The Morgan fingerprint density at radius 2 is 1.61 bits per heavy atom. The van der Waals surface area contributed by atoms with Gasteiger partial charge in [0.2, 0.25) is 5.95 Å². The zero-order valence-electron chi connectivity index (χ0n) is 18.3. The molecule has 2 aromatic heterocycles. The van der Waals surface area contributed by atoms with Crippen molar-refractivity contribution in [2.45, 2.75) is 6.04 Å². The summed E-state index contributed by atoms with van der Waals surface area (Å²) in [6.45, 7) is 2.22. The number of pyridine rings is 1. The van der Waals surface area contributed by atoms with Crippen LogP contribution in [-0.2, 0) is 7.05 Å². The average Bonchev–Trinajstić information content (AvgIpc) is 2.87. The molecule has 0 aliphatic carbocycles. The van der Waals surface area contributed by atoms with Crippen molar-refractivity contribution >= 4 is 5.95 Å². The van der Waals surface area contributed by atoms with E-state index in [4.69, 9.17) is 4.98 Å². The number of anilines is 1. The number of nitrogens with one attached hydrogen (secondary N) is 1. The number of hydrogen-bond donors (Lipinski definition) is 1. The molecule has 1 aliphatic heterocycles. The fourth-order valence-corrected chi connectivity index (χ4v) is 4.19. The average molecular weight is 442 g/mol. The monoisotopic (exact) mass is 441 g/mol. The molecule has 166 valence electrons. The molecule has 1 aliphatic rings. The maximum absolute atomic E-state index is 13.2. The lowest BCUT2D eigenvalue weighted by molar-refractivity contribution is 0.462. The van der Waals surface area contributed by atoms with E-state index in [0.29, 0.717) is 18.2 Å². The molecule has 4 aromatic rings. The van der Waals surface area contributed by atoms with Crippen LogP contribution in [0.4, 0.5) is 10.3 Å². The van der Waals surface area contributed by atoms with E-state index in [0.717, 1.165) is 35.3 Å². The molecular formula is C26H24FN5O. The maximum atomic E-state index is 13.2. The second-order valence-electron chi connectivity index (χ2n) is 8.16. The Labute approximate surface area is 191 Å². The number of nitrogens with zero attached hydrogens (tertiary/aromatic N) is 4. The molecule has 1 saturated heterocycles. The van der Waals surface area contributed by atoms with Crippen LogP contribution in [0.25, 0.3) is 22.4 Å². The third-order valence-electron chi connectivity index (χ3n) is 6.04. The number of hydrogen-bond acceptors (Lipinski definition) is 5. The molecule has 7 heteroatoms. The van der Waals surface area contributed by atoms with E-state index in [2.05, 4.69) is 39.5 Å². The van der Waals surface area contributed by atoms with Gasteiger partial charge in [0.25, 0.3) is 5.56 Å². The molecular weight excluding hydrogens is 417 g/mol. The molecule has 1 unspecified atom stereocenters. The molecule has 33 heavy (non-hydrogen) atoms. The standard InChI is InChI=1S/C26H24FN5O/c1-31-25(33)16-23(21-10-12-28-13-11-21)30-26(31)32-15-14-29-24(17-32)20-4-2-18(3-5-20)19-6-8-22(27)9-7-19/h2-13,16,24,29H,14-15,17H2,1H3. The van der Waals surface area contributed by atoms with E-state index in [-0.39, 0.29) is 17.4 Å². The number of rotatable bonds is 4. The summed E-state index contributed by atoms with van der Waals surface area (Å²) in [5.74, 6) is 0.418. The molecule has 0 radical (unpaired) electrons. The van der Waals surface area contributed by atoms with Crippen LogP contribution < -0.4 is 15.8 Å². The first-order chi connectivity index (χ1) is 16.1. The summed E-state index contributed by atoms with van der Waals surface area (Å²) in [5.41, 5.74) is 4.60. The predicted octanol–water partition coefficient (Wildman–Crippen LogP) is 3.80. The van der Waals surface area contributed by atoms with E-state index in [9.17, 15) is 9.18 Å². The fourth-order valence-electron chi connectivity index (χ4n) is 4.19. The minimum atomic E-state index is -0.238. The Balaban J connectivity index is 1.39. The first kappa shape index (κ1) is 21.0. The van der Waals surface area contributed by atoms with Gasteiger partial charge in [0.05, 0.1) is 5.69 Å². The summed E-state index contributed by atoms with van der Waals surface area (Å²) in [4.78, 5) is 23.7. The first-order valence-corrected chi connectivity index (χ1v) is 10.9. The van der Waals surface area contributed by atoms with Crippen molar-refractivity contribution < 1.29 is 4.39 Å². The second-order valence-corrected chi connectivity index (χ2v) is 8.16. The summed E-state index contributed by atoms with van der Waals surface area (Å²) in [5, 5.41) is 3.57. The van der Waals surface area contributed by atoms with Crippen molar-refractivity contribution in [2.24, 2.45) is 7.05 Å². The van der Waals surface area contributed by atoms with E-state index in [1.165, 1.54) is 12.1 Å². The molecule has 2 aromatic carbocycles. The second kappa shape index (κ2) is 8.96. The highest BCUT2D eigenvalue weighted by atomic mass is 19.1. The van der Waals surface area contributed by atoms with Gasteiger partial charge < -0.3 is 10.2 Å². The van der Waals surface area contributed by atoms with E-state index >= 15 is 0 Å². The number of aromatic nitrogens is 3. The Morgan fingerprint density at radius 3 is 2.30 bits per heavy atom. The lowest BCUT2D eigenvalue weighted by Crippen LogP contribution is -2.47. The molecule has 1 fully saturated rings. The van der Waals surface area contributed by atoms with Crippen LogP contribution in [0.5, 0.6) is 0 Å². The Hall–Kier alpha value is -3.84. The van der Waals surface area contributed by atoms with Gasteiger partial charge in [-0.2, -0.15) is 0 Å². The smallest absolute Gasteiger partial charge is 0.255 e.